The molecular formula is C7H16NO5P. The van der Waals surface area contributed by atoms with Crippen LogP contribution in [0.15, 0.2) is 0 Å². The third kappa shape index (κ3) is 30.4. The van der Waals surface area contributed by atoms with E-state index in [0.717, 1.165) is 0 Å². The van der Waals surface area contributed by atoms with Crippen molar-refractivity contribution in [3.05, 3.63) is 0 Å². The number of carboxylic acid groups (broad SMARTS) is 1. The van der Waals surface area contributed by atoms with E-state index in [9.17, 15) is 14.2 Å². The van der Waals surface area contributed by atoms with Gasteiger partial charge in [-0.3, -0.25) is 14.2 Å². The molecule has 0 bridgehead atoms. The number of amides is 1. The first-order valence-electron chi connectivity index (χ1n) is 3.92. The van der Waals surface area contributed by atoms with Crippen molar-refractivity contribution in [2.24, 2.45) is 5.73 Å². The van der Waals surface area contributed by atoms with Crippen LogP contribution in [0.25, 0.3) is 0 Å². The van der Waals surface area contributed by atoms with Crippen molar-refractivity contribution >= 4 is 19.2 Å². The van der Waals surface area contributed by atoms with Gasteiger partial charge in [0.1, 0.15) is 0 Å². The highest BCUT2D eigenvalue weighted by Gasteiger charge is 2.09. The molecule has 0 rings (SSSR count). The molecule has 0 radical (unpaired) electrons. The second-order valence-electron chi connectivity index (χ2n) is 2.88. The molecule has 0 aliphatic heterocycles. The zero-order chi connectivity index (χ0) is 11.8. The molecule has 0 fully saturated rings. The van der Waals surface area contributed by atoms with Gasteiger partial charge in [-0.15, -0.1) is 0 Å². The summed E-state index contributed by atoms with van der Waals surface area (Å²) in [6.45, 7) is 2.54. The van der Waals surface area contributed by atoms with E-state index in [4.69, 9.17) is 10.00 Å². The molecule has 1 amide bonds. The van der Waals surface area contributed by atoms with Gasteiger partial charge < -0.3 is 15.7 Å². The van der Waals surface area contributed by atoms with E-state index in [-0.39, 0.29) is 24.9 Å². The molecule has 0 aliphatic rings. The van der Waals surface area contributed by atoms with Crippen LogP contribution in [0.1, 0.15) is 19.8 Å². The Hall–Kier alpha value is -0.870. The van der Waals surface area contributed by atoms with Gasteiger partial charge in [0.25, 0.3) is 0 Å². The standard InChI is InChI=1S/C5H11O4P.C2H5NO/c1-10(8,9)4-2-3-5(6)7;1-2(3)4/h2-4H2,1H3,(H,6,7)(H,8,9);1H3,(H2,3,4). The Labute approximate surface area is 82.6 Å². The molecule has 1 unspecified atom stereocenters. The molecule has 7 heteroatoms. The molecule has 0 saturated heterocycles. The first-order chi connectivity index (χ1) is 6.15. The fraction of sp³-hybridized carbons (Fsp3) is 0.714. The molecule has 4 N–H and O–H groups in total. The predicted molar refractivity (Wildman–Crippen MR) is 52.4 cm³/mol. The number of aliphatic carboxylic acids is 1. The fourth-order valence-electron chi connectivity index (χ4n) is 0.524. The lowest BCUT2D eigenvalue weighted by atomic mass is 10.3. The summed E-state index contributed by atoms with van der Waals surface area (Å²) in [5.74, 6) is -1.26. The van der Waals surface area contributed by atoms with Gasteiger partial charge in [-0.25, -0.2) is 0 Å². The van der Waals surface area contributed by atoms with Crippen LogP contribution in [0.3, 0.4) is 0 Å². The van der Waals surface area contributed by atoms with Crippen molar-refractivity contribution in [3.8, 4) is 0 Å². The maximum Gasteiger partial charge on any atom is 0.303 e. The highest BCUT2D eigenvalue weighted by Crippen LogP contribution is 2.35. The Morgan fingerprint density at radius 1 is 1.43 bits per heavy atom. The fourth-order valence-corrected chi connectivity index (χ4v) is 1.27. The van der Waals surface area contributed by atoms with Gasteiger partial charge in [0.15, 0.2) is 7.37 Å². The lowest BCUT2D eigenvalue weighted by molar-refractivity contribution is -0.137. The SMILES string of the molecule is CC(N)=O.CP(=O)(O)CCCC(=O)O. The highest BCUT2D eigenvalue weighted by molar-refractivity contribution is 7.57. The van der Waals surface area contributed by atoms with Crippen LogP contribution in [-0.4, -0.2) is 34.7 Å². The van der Waals surface area contributed by atoms with Crippen LogP contribution in [-0.2, 0) is 14.2 Å². The van der Waals surface area contributed by atoms with Gasteiger partial charge in [0.2, 0.25) is 5.91 Å². The number of carboxylic acids is 1. The first-order valence-corrected chi connectivity index (χ1v) is 6.21. The summed E-state index contributed by atoms with van der Waals surface area (Å²) in [6, 6.07) is 0. The Bertz CT molecular complexity index is 230. The summed E-state index contributed by atoms with van der Waals surface area (Å²) < 4.78 is 10.6. The highest BCUT2D eigenvalue weighted by atomic mass is 31.2. The van der Waals surface area contributed by atoms with Gasteiger partial charge >= 0.3 is 5.97 Å². The Morgan fingerprint density at radius 2 is 1.79 bits per heavy atom. The van der Waals surface area contributed by atoms with Crippen LogP contribution < -0.4 is 5.73 Å². The number of hydrogen-bond acceptors (Lipinski definition) is 3. The average Bonchev–Trinajstić information content (AvgIpc) is 1.80. The lowest BCUT2D eigenvalue weighted by Gasteiger charge is -2.01. The number of rotatable bonds is 4. The van der Waals surface area contributed by atoms with E-state index in [1.807, 2.05) is 0 Å². The zero-order valence-corrected chi connectivity index (χ0v) is 9.16. The summed E-state index contributed by atoms with van der Waals surface area (Å²) in [6.07, 6.45) is 0.345. The maximum atomic E-state index is 10.6. The summed E-state index contributed by atoms with van der Waals surface area (Å²) in [4.78, 5) is 27.8. The Balaban J connectivity index is 0. The number of carbonyl (C=O) groups is 2. The van der Waals surface area contributed by atoms with Crippen LogP contribution in [0.4, 0.5) is 0 Å². The summed E-state index contributed by atoms with van der Waals surface area (Å²) in [5.41, 5.74) is 4.47. The third-order valence-electron chi connectivity index (χ3n) is 0.964. The first kappa shape index (κ1) is 15.6. The second kappa shape index (κ2) is 7.53. The minimum atomic E-state index is -2.99. The topological polar surface area (TPSA) is 118 Å². The van der Waals surface area contributed by atoms with Gasteiger partial charge in [-0.1, -0.05) is 0 Å². The van der Waals surface area contributed by atoms with E-state index in [1.54, 1.807) is 0 Å². The molecular weight excluding hydrogens is 209 g/mol. The van der Waals surface area contributed by atoms with Crippen LogP contribution >= 0.6 is 7.37 Å². The van der Waals surface area contributed by atoms with Crippen molar-refractivity contribution in [2.75, 3.05) is 12.8 Å². The molecule has 0 aromatic rings. The van der Waals surface area contributed by atoms with Gasteiger partial charge in [0, 0.05) is 26.2 Å². The summed E-state index contributed by atoms with van der Waals surface area (Å²) in [5, 5.41) is 8.14. The Morgan fingerprint density at radius 3 is 2.00 bits per heavy atom. The molecule has 0 aliphatic carbocycles. The predicted octanol–water partition coefficient (Wildman–Crippen LogP) is 0.243. The molecule has 0 saturated carbocycles. The molecule has 14 heavy (non-hydrogen) atoms. The van der Waals surface area contributed by atoms with Gasteiger partial charge in [-0.2, -0.15) is 0 Å². The molecule has 84 valence electrons. The van der Waals surface area contributed by atoms with Crippen molar-refractivity contribution in [1.82, 2.24) is 0 Å². The van der Waals surface area contributed by atoms with Crippen molar-refractivity contribution in [1.29, 1.82) is 0 Å². The maximum absolute atomic E-state index is 10.6. The van der Waals surface area contributed by atoms with Crippen molar-refractivity contribution in [2.45, 2.75) is 19.8 Å². The number of hydrogen-bond donors (Lipinski definition) is 3. The van der Waals surface area contributed by atoms with Crippen LogP contribution in [0, 0.1) is 0 Å². The van der Waals surface area contributed by atoms with Crippen LogP contribution in [0.5, 0.6) is 0 Å². The number of primary amides is 1. The molecule has 0 heterocycles. The number of nitrogens with two attached hydrogens (primary N) is 1. The van der Waals surface area contributed by atoms with Gasteiger partial charge in [-0.05, 0) is 6.42 Å². The third-order valence-corrected chi connectivity index (χ3v) is 2.11. The largest absolute Gasteiger partial charge is 0.481 e. The van der Waals surface area contributed by atoms with Crippen molar-refractivity contribution in [3.63, 3.8) is 0 Å². The smallest absolute Gasteiger partial charge is 0.303 e. The van der Waals surface area contributed by atoms with Crippen molar-refractivity contribution < 1.29 is 24.2 Å². The monoisotopic (exact) mass is 225 g/mol. The van der Waals surface area contributed by atoms with E-state index in [2.05, 4.69) is 5.73 Å². The van der Waals surface area contributed by atoms with Gasteiger partial charge in [0.05, 0.1) is 0 Å². The lowest BCUT2D eigenvalue weighted by Crippen LogP contribution is -2.01. The second-order valence-corrected chi connectivity index (χ2v) is 5.43. The van der Waals surface area contributed by atoms with E-state index in [1.165, 1.54) is 13.6 Å². The molecule has 0 aromatic carbocycles. The average molecular weight is 225 g/mol. The van der Waals surface area contributed by atoms with E-state index < -0.39 is 13.3 Å². The quantitative estimate of drug-likeness (QED) is 0.592. The van der Waals surface area contributed by atoms with E-state index in [0.29, 0.717) is 0 Å². The number of carbonyl (C=O) groups excluding carboxylic acids is 1. The molecule has 1 atom stereocenters. The normalized spacial score (nSPS) is 13.4. The molecule has 0 spiro atoms. The molecule has 0 aromatic heterocycles. The van der Waals surface area contributed by atoms with Crippen LogP contribution in [0.2, 0.25) is 0 Å². The minimum absolute atomic E-state index is 0.0294. The minimum Gasteiger partial charge on any atom is -0.481 e. The zero-order valence-electron chi connectivity index (χ0n) is 8.27. The molecule has 6 nitrogen and oxygen atoms in total. The summed E-state index contributed by atoms with van der Waals surface area (Å²) >= 11 is 0. The summed E-state index contributed by atoms with van der Waals surface area (Å²) in [7, 11) is -2.99. The van der Waals surface area contributed by atoms with E-state index >= 15 is 0 Å². The Kier molecular flexibility index (Phi) is 8.38.